The van der Waals surface area contributed by atoms with Crippen LogP contribution in [0.15, 0.2) is 42.7 Å². The number of hydrogen-bond acceptors (Lipinski definition) is 3. The average molecular weight is 327 g/mol. The molecule has 1 amide bonds. The van der Waals surface area contributed by atoms with Gasteiger partial charge in [-0.05, 0) is 49.4 Å². The zero-order valence-corrected chi connectivity index (χ0v) is 14.2. The van der Waals surface area contributed by atoms with E-state index < -0.39 is 0 Å². The van der Waals surface area contributed by atoms with Crippen LogP contribution in [0.3, 0.4) is 0 Å². The highest BCUT2D eigenvalue weighted by Crippen LogP contribution is 2.23. The van der Waals surface area contributed by atoms with E-state index in [9.17, 15) is 4.79 Å². The van der Waals surface area contributed by atoms with Gasteiger partial charge in [0.1, 0.15) is 5.75 Å². The van der Waals surface area contributed by atoms with Gasteiger partial charge >= 0.3 is 0 Å². The molecular weight excluding hydrogens is 302 g/mol. The predicted octanol–water partition coefficient (Wildman–Crippen LogP) is 2.91. The maximum atomic E-state index is 12.6. The van der Waals surface area contributed by atoms with Gasteiger partial charge in [-0.3, -0.25) is 9.48 Å². The van der Waals surface area contributed by atoms with E-state index in [1.54, 1.807) is 13.3 Å². The molecule has 5 heteroatoms. The molecule has 1 aromatic carbocycles. The molecule has 1 atom stereocenters. The number of rotatable bonds is 7. The van der Waals surface area contributed by atoms with Crippen molar-refractivity contribution in [2.45, 2.75) is 44.7 Å². The van der Waals surface area contributed by atoms with Crippen LogP contribution in [0.5, 0.6) is 5.75 Å². The van der Waals surface area contributed by atoms with Crippen LogP contribution in [0.2, 0.25) is 0 Å². The Bertz CT molecular complexity index is 637. The molecule has 24 heavy (non-hydrogen) atoms. The Morgan fingerprint density at radius 2 is 2.17 bits per heavy atom. The van der Waals surface area contributed by atoms with Gasteiger partial charge in [0.15, 0.2) is 0 Å². The van der Waals surface area contributed by atoms with Crippen molar-refractivity contribution in [3.63, 3.8) is 0 Å². The van der Waals surface area contributed by atoms with Crippen LogP contribution in [0.1, 0.15) is 31.2 Å². The number of hydrogen-bond donors (Lipinski definition) is 0. The first kappa shape index (κ1) is 16.6. The standard InChI is InChI=1S/C19H25N3O2/c1-24-18-9-7-16(8-10-18)15-17-5-2-14-22(17)19(23)6-3-12-21-13-4-11-20-21/h4,7-11,13,17H,2-3,5-6,12,14-15H2,1H3. The lowest BCUT2D eigenvalue weighted by atomic mass is 10.0. The lowest BCUT2D eigenvalue weighted by Crippen LogP contribution is -2.36. The number of likely N-dealkylation sites (tertiary alicyclic amines) is 1. The van der Waals surface area contributed by atoms with E-state index in [0.29, 0.717) is 12.5 Å². The van der Waals surface area contributed by atoms with Gasteiger partial charge in [-0.15, -0.1) is 0 Å². The summed E-state index contributed by atoms with van der Waals surface area (Å²) in [7, 11) is 1.68. The Labute approximate surface area is 143 Å². The Kier molecular flexibility index (Phi) is 5.51. The van der Waals surface area contributed by atoms with Crippen molar-refractivity contribution in [3.05, 3.63) is 48.3 Å². The van der Waals surface area contributed by atoms with Crippen LogP contribution in [0.4, 0.5) is 0 Å². The van der Waals surface area contributed by atoms with Gasteiger partial charge in [-0.25, -0.2) is 0 Å². The number of benzene rings is 1. The van der Waals surface area contributed by atoms with Crippen molar-refractivity contribution in [3.8, 4) is 5.75 Å². The van der Waals surface area contributed by atoms with Gasteiger partial charge in [-0.2, -0.15) is 5.10 Å². The summed E-state index contributed by atoms with van der Waals surface area (Å²) in [6.07, 6.45) is 8.27. The maximum Gasteiger partial charge on any atom is 0.222 e. The van der Waals surface area contributed by atoms with Crippen molar-refractivity contribution >= 4 is 5.91 Å². The molecule has 2 heterocycles. The molecule has 2 aromatic rings. The zero-order valence-electron chi connectivity index (χ0n) is 14.2. The summed E-state index contributed by atoms with van der Waals surface area (Å²) in [5.41, 5.74) is 1.26. The zero-order chi connectivity index (χ0) is 16.8. The Balaban J connectivity index is 1.51. The van der Waals surface area contributed by atoms with Crippen LogP contribution >= 0.6 is 0 Å². The Morgan fingerprint density at radius 1 is 1.33 bits per heavy atom. The van der Waals surface area contributed by atoms with E-state index in [-0.39, 0.29) is 5.91 Å². The summed E-state index contributed by atoms with van der Waals surface area (Å²) in [6.45, 7) is 1.69. The van der Waals surface area contributed by atoms with E-state index in [2.05, 4.69) is 22.1 Å². The molecule has 1 aliphatic heterocycles. The van der Waals surface area contributed by atoms with Crippen molar-refractivity contribution < 1.29 is 9.53 Å². The molecule has 0 aliphatic carbocycles. The quantitative estimate of drug-likeness (QED) is 0.785. The highest BCUT2D eigenvalue weighted by Gasteiger charge is 2.28. The molecule has 1 aliphatic rings. The number of nitrogens with zero attached hydrogens (tertiary/aromatic N) is 3. The topological polar surface area (TPSA) is 47.4 Å². The minimum Gasteiger partial charge on any atom is -0.497 e. The summed E-state index contributed by atoms with van der Waals surface area (Å²) < 4.78 is 7.08. The van der Waals surface area contributed by atoms with E-state index in [0.717, 1.165) is 44.5 Å². The van der Waals surface area contributed by atoms with Crippen LogP contribution in [-0.4, -0.2) is 40.3 Å². The number of carbonyl (C=O) groups is 1. The lowest BCUT2D eigenvalue weighted by Gasteiger charge is -2.25. The van der Waals surface area contributed by atoms with Gasteiger partial charge < -0.3 is 9.64 Å². The highest BCUT2D eigenvalue weighted by atomic mass is 16.5. The second kappa shape index (κ2) is 7.99. The van der Waals surface area contributed by atoms with Crippen LogP contribution in [0, 0.1) is 0 Å². The van der Waals surface area contributed by atoms with Gasteiger partial charge in [0, 0.05) is 37.9 Å². The molecule has 0 radical (unpaired) electrons. The number of ether oxygens (including phenoxy) is 1. The van der Waals surface area contributed by atoms with Crippen molar-refractivity contribution in [2.75, 3.05) is 13.7 Å². The lowest BCUT2D eigenvalue weighted by molar-refractivity contribution is -0.132. The number of methoxy groups -OCH3 is 1. The monoisotopic (exact) mass is 327 g/mol. The molecule has 0 N–H and O–H groups in total. The number of carbonyl (C=O) groups excluding carboxylic acids is 1. The Hall–Kier alpha value is -2.30. The van der Waals surface area contributed by atoms with E-state index >= 15 is 0 Å². The maximum absolute atomic E-state index is 12.6. The predicted molar refractivity (Wildman–Crippen MR) is 92.9 cm³/mol. The highest BCUT2D eigenvalue weighted by molar-refractivity contribution is 5.76. The summed E-state index contributed by atoms with van der Waals surface area (Å²) >= 11 is 0. The molecule has 0 bridgehead atoms. The third-order valence-electron chi connectivity index (χ3n) is 4.66. The molecule has 5 nitrogen and oxygen atoms in total. The molecule has 0 spiro atoms. The molecule has 1 fully saturated rings. The molecule has 0 saturated carbocycles. The fourth-order valence-corrected chi connectivity index (χ4v) is 3.38. The second-order valence-electron chi connectivity index (χ2n) is 6.31. The summed E-state index contributed by atoms with van der Waals surface area (Å²) in [5, 5.41) is 4.18. The fourth-order valence-electron chi connectivity index (χ4n) is 3.38. The van der Waals surface area contributed by atoms with E-state index in [1.165, 1.54) is 5.56 Å². The van der Waals surface area contributed by atoms with Crippen molar-refractivity contribution in [1.29, 1.82) is 0 Å². The molecule has 1 unspecified atom stereocenters. The molecule has 1 saturated heterocycles. The van der Waals surface area contributed by atoms with E-state index in [4.69, 9.17) is 4.74 Å². The third kappa shape index (κ3) is 4.16. The van der Waals surface area contributed by atoms with Crippen LogP contribution in [-0.2, 0) is 17.8 Å². The summed E-state index contributed by atoms with van der Waals surface area (Å²) in [5.74, 6) is 1.15. The Morgan fingerprint density at radius 3 is 2.88 bits per heavy atom. The fraction of sp³-hybridized carbons (Fsp3) is 0.474. The van der Waals surface area contributed by atoms with Gasteiger partial charge in [0.25, 0.3) is 0 Å². The first-order valence-corrected chi connectivity index (χ1v) is 8.66. The largest absolute Gasteiger partial charge is 0.497 e. The first-order chi connectivity index (χ1) is 11.8. The van der Waals surface area contributed by atoms with Crippen molar-refractivity contribution in [2.24, 2.45) is 0 Å². The molecule has 3 rings (SSSR count). The van der Waals surface area contributed by atoms with Crippen molar-refractivity contribution in [1.82, 2.24) is 14.7 Å². The first-order valence-electron chi connectivity index (χ1n) is 8.66. The van der Waals surface area contributed by atoms with Gasteiger partial charge in [-0.1, -0.05) is 12.1 Å². The average Bonchev–Trinajstić information content (AvgIpc) is 3.27. The van der Waals surface area contributed by atoms with Gasteiger partial charge in [0.2, 0.25) is 5.91 Å². The number of aryl methyl sites for hydroxylation is 1. The summed E-state index contributed by atoms with van der Waals surface area (Å²) in [4.78, 5) is 14.6. The molecule has 1 aromatic heterocycles. The van der Waals surface area contributed by atoms with Crippen LogP contribution in [0.25, 0.3) is 0 Å². The second-order valence-corrected chi connectivity index (χ2v) is 6.31. The van der Waals surface area contributed by atoms with E-state index in [1.807, 2.05) is 29.1 Å². The smallest absolute Gasteiger partial charge is 0.222 e. The SMILES string of the molecule is COc1ccc(CC2CCCN2C(=O)CCCn2cccn2)cc1. The normalized spacial score (nSPS) is 17.2. The number of aromatic nitrogens is 2. The van der Waals surface area contributed by atoms with Crippen LogP contribution < -0.4 is 4.74 Å². The van der Waals surface area contributed by atoms with Gasteiger partial charge in [0.05, 0.1) is 7.11 Å². The minimum absolute atomic E-state index is 0.276. The molecular formula is C19H25N3O2. The minimum atomic E-state index is 0.276. The third-order valence-corrected chi connectivity index (χ3v) is 4.66. The molecule has 128 valence electrons. The summed E-state index contributed by atoms with van der Waals surface area (Å²) in [6, 6.07) is 10.4. The number of amides is 1.